The maximum Gasteiger partial charge on any atom is 0.141 e. The van der Waals surface area contributed by atoms with Gasteiger partial charge in [-0.2, -0.15) is 0 Å². The Morgan fingerprint density at radius 2 is 2.00 bits per heavy atom. The lowest BCUT2D eigenvalue weighted by Crippen LogP contribution is -2.21. The van der Waals surface area contributed by atoms with Crippen LogP contribution in [0.25, 0.3) is 10.9 Å². The third-order valence-electron chi connectivity index (χ3n) is 4.62. The first kappa shape index (κ1) is 17.9. The van der Waals surface area contributed by atoms with Crippen molar-refractivity contribution < 1.29 is 13.9 Å². The molecule has 140 valence electrons. The molecule has 0 unspecified atom stereocenters. The molecule has 2 heterocycles. The zero-order chi connectivity index (χ0) is 18.6. The maximum absolute atomic E-state index is 13.3. The van der Waals surface area contributed by atoms with Crippen LogP contribution in [0.4, 0.5) is 15.9 Å². The third-order valence-corrected chi connectivity index (χ3v) is 4.91. The van der Waals surface area contributed by atoms with Crippen molar-refractivity contribution in [1.82, 2.24) is 9.97 Å². The Hall–Kier alpha value is -2.44. The lowest BCUT2D eigenvalue weighted by Gasteiger charge is -2.22. The van der Waals surface area contributed by atoms with E-state index in [1.165, 1.54) is 18.5 Å². The molecule has 1 fully saturated rings. The lowest BCUT2D eigenvalue weighted by molar-refractivity contribution is 0.0498. The Kier molecular flexibility index (Phi) is 5.36. The van der Waals surface area contributed by atoms with Crippen LogP contribution in [0.15, 0.2) is 42.7 Å². The van der Waals surface area contributed by atoms with Crippen molar-refractivity contribution in [2.75, 3.05) is 25.1 Å². The molecule has 0 saturated carbocycles. The van der Waals surface area contributed by atoms with E-state index in [1.54, 1.807) is 6.07 Å². The summed E-state index contributed by atoms with van der Waals surface area (Å²) in [6, 6.07) is 10.2. The first-order valence-corrected chi connectivity index (χ1v) is 9.24. The number of ether oxygens (including phenoxy) is 2. The van der Waals surface area contributed by atoms with Gasteiger partial charge < -0.3 is 14.8 Å². The summed E-state index contributed by atoms with van der Waals surface area (Å²) in [5.41, 5.74) is 1.42. The van der Waals surface area contributed by atoms with Crippen molar-refractivity contribution in [3.8, 4) is 5.75 Å². The van der Waals surface area contributed by atoms with Gasteiger partial charge in [0.15, 0.2) is 0 Å². The monoisotopic (exact) mass is 387 g/mol. The van der Waals surface area contributed by atoms with Crippen LogP contribution in [0.5, 0.6) is 5.75 Å². The van der Waals surface area contributed by atoms with Gasteiger partial charge in [0.25, 0.3) is 0 Å². The fourth-order valence-corrected chi connectivity index (χ4v) is 3.24. The number of hydrogen-bond acceptors (Lipinski definition) is 5. The van der Waals surface area contributed by atoms with Crippen LogP contribution >= 0.6 is 11.6 Å². The number of aromatic nitrogens is 2. The highest BCUT2D eigenvalue weighted by Gasteiger charge is 2.15. The largest absolute Gasteiger partial charge is 0.493 e. The summed E-state index contributed by atoms with van der Waals surface area (Å²) in [5, 5.41) is 4.06. The summed E-state index contributed by atoms with van der Waals surface area (Å²) in [6.45, 7) is 2.29. The van der Waals surface area contributed by atoms with Gasteiger partial charge in [0, 0.05) is 30.4 Å². The summed E-state index contributed by atoms with van der Waals surface area (Å²) < 4.78 is 24.7. The van der Waals surface area contributed by atoms with Crippen LogP contribution in [0.1, 0.15) is 12.8 Å². The van der Waals surface area contributed by atoms with E-state index in [2.05, 4.69) is 15.3 Å². The molecule has 1 aliphatic heterocycles. The van der Waals surface area contributed by atoms with Gasteiger partial charge >= 0.3 is 0 Å². The predicted molar refractivity (Wildman–Crippen MR) is 103 cm³/mol. The number of benzene rings is 2. The number of fused-ring (bicyclic) bond motifs is 1. The standard InChI is InChI=1S/C20H19ClFN3O2/c21-17-9-14(1-4-18(17)22)25-20-16-3-2-15(10-19(16)23-12-24-20)27-11-13-5-7-26-8-6-13/h1-4,9-10,12-13H,5-8,11H2,(H,23,24,25). The second-order valence-electron chi connectivity index (χ2n) is 6.52. The Morgan fingerprint density at radius 3 is 2.81 bits per heavy atom. The Morgan fingerprint density at radius 1 is 1.15 bits per heavy atom. The first-order chi connectivity index (χ1) is 13.2. The summed E-state index contributed by atoms with van der Waals surface area (Å²) in [6.07, 6.45) is 3.55. The molecule has 5 nitrogen and oxygen atoms in total. The van der Waals surface area contributed by atoms with Crippen LogP contribution in [-0.2, 0) is 4.74 Å². The van der Waals surface area contributed by atoms with Gasteiger partial charge in [0.1, 0.15) is 23.7 Å². The molecule has 1 aliphatic rings. The average molecular weight is 388 g/mol. The molecule has 0 radical (unpaired) electrons. The fourth-order valence-electron chi connectivity index (χ4n) is 3.06. The molecular weight excluding hydrogens is 369 g/mol. The average Bonchev–Trinajstić information content (AvgIpc) is 2.70. The molecule has 0 bridgehead atoms. The second kappa shape index (κ2) is 8.06. The van der Waals surface area contributed by atoms with Crippen LogP contribution in [0.2, 0.25) is 5.02 Å². The van der Waals surface area contributed by atoms with Crippen LogP contribution in [0.3, 0.4) is 0 Å². The minimum Gasteiger partial charge on any atom is -0.493 e. The van der Waals surface area contributed by atoms with E-state index < -0.39 is 5.82 Å². The molecule has 1 saturated heterocycles. The first-order valence-electron chi connectivity index (χ1n) is 8.86. The van der Waals surface area contributed by atoms with Gasteiger partial charge in [0.2, 0.25) is 0 Å². The van der Waals surface area contributed by atoms with Gasteiger partial charge in [-0.05, 0) is 49.1 Å². The van der Waals surface area contributed by atoms with Crippen LogP contribution in [0, 0.1) is 11.7 Å². The zero-order valence-electron chi connectivity index (χ0n) is 14.6. The number of halogens is 2. The van der Waals surface area contributed by atoms with E-state index in [-0.39, 0.29) is 5.02 Å². The van der Waals surface area contributed by atoms with E-state index in [9.17, 15) is 4.39 Å². The minimum absolute atomic E-state index is 0.0576. The predicted octanol–water partition coefficient (Wildman–Crippen LogP) is 4.97. The fraction of sp³-hybridized carbons (Fsp3) is 0.300. The highest BCUT2D eigenvalue weighted by Crippen LogP contribution is 2.28. The van der Waals surface area contributed by atoms with Gasteiger partial charge in [-0.3, -0.25) is 0 Å². The topological polar surface area (TPSA) is 56.3 Å². The molecule has 27 heavy (non-hydrogen) atoms. The van der Waals surface area contributed by atoms with E-state index in [0.717, 1.165) is 42.7 Å². The Labute approximate surface area is 161 Å². The van der Waals surface area contributed by atoms with Gasteiger partial charge in [-0.1, -0.05) is 11.6 Å². The lowest BCUT2D eigenvalue weighted by atomic mass is 10.0. The molecule has 0 atom stereocenters. The molecular formula is C20H19ClFN3O2. The molecule has 1 N–H and O–H groups in total. The number of hydrogen-bond donors (Lipinski definition) is 1. The van der Waals surface area contributed by atoms with Crippen molar-refractivity contribution in [2.24, 2.45) is 5.92 Å². The van der Waals surface area contributed by atoms with Crippen LogP contribution < -0.4 is 10.1 Å². The summed E-state index contributed by atoms with van der Waals surface area (Å²) in [4.78, 5) is 8.62. The van der Waals surface area contributed by atoms with Crippen molar-refractivity contribution in [1.29, 1.82) is 0 Å². The third kappa shape index (κ3) is 4.28. The van der Waals surface area contributed by atoms with Crippen molar-refractivity contribution in [3.05, 3.63) is 53.6 Å². The van der Waals surface area contributed by atoms with Gasteiger partial charge in [-0.25, -0.2) is 14.4 Å². The Bertz CT molecular complexity index is 948. The molecule has 3 aromatic rings. The molecule has 0 aliphatic carbocycles. The van der Waals surface area contributed by atoms with Gasteiger partial charge in [0.05, 0.1) is 17.1 Å². The minimum atomic E-state index is -0.457. The molecule has 7 heteroatoms. The zero-order valence-corrected chi connectivity index (χ0v) is 15.4. The molecule has 4 rings (SSSR count). The second-order valence-corrected chi connectivity index (χ2v) is 6.93. The normalized spacial score (nSPS) is 15.0. The van der Waals surface area contributed by atoms with E-state index in [1.807, 2.05) is 18.2 Å². The van der Waals surface area contributed by atoms with Crippen molar-refractivity contribution in [2.45, 2.75) is 12.8 Å². The quantitative estimate of drug-likeness (QED) is 0.669. The summed E-state index contributed by atoms with van der Waals surface area (Å²) in [7, 11) is 0. The van der Waals surface area contributed by atoms with Gasteiger partial charge in [-0.15, -0.1) is 0 Å². The van der Waals surface area contributed by atoms with E-state index >= 15 is 0 Å². The number of anilines is 2. The summed E-state index contributed by atoms with van der Waals surface area (Å²) >= 11 is 5.85. The molecule has 2 aromatic carbocycles. The SMILES string of the molecule is Fc1ccc(Nc2ncnc3cc(OCC4CCOCC4)ccc23)cc1Cl. The van der Waals surface area contributed by atoms with Crippen molar-refractivity contribution >= 4 is 34.0 Å². The summed E-state index contributed by atoms with van der Waals surface area (Å²) in [5.74, 6) is 1.48. The number of nitrogens with zero attached hydrogens (tertiary/aromatic N) is 2. The highest BCUT2D eigenvalue weighted by atomic mass is 35.5. The molecule has 1 aromatic heterocycles. The van der Waals surface area contributed by atoms with E-state index in [4.69, 9.17) is 21.1 Å². The molecule has 0 amide bonds. The van der Waals surface area contributed by atoms with Crippen molar-refractivity contribution in [3.63, 3.8) is 0 Å². The van der Waals surface area contributed by atoms with Crippen LogP contribution in [-0.4, -0.2) is 29.8 Å². The Balaban J connectivity index is 1.51. The number of nitrogens with one attached hydrogen (secondary N) is 1. The smallest absolute Gasteiger partial charge is 0.141 e. The number of rotatable bonds is 5. The van der Waals surface area contributed by atoms with E-state index in [0.29, 0.717) is 24.0 Å². The maximum atomic E-state index is 13.3. The molecule has 0 spiro atoms. The highest BCUT2D eigenvalue weighted by molar-refractivity contribution is 6.31.